The fourth-order valence-corrected chi connectivity index (χ4v) is 6.61. The molecule has 3 N–H and O–H groups in total. The van der Waals surface area contributed by atoms with Gasteiger partial charge in [-0.05, 0) is 64.3 Å². The smallest absolute Gasteiger partial charge is 0.187 e. The van der Waals surface area contributed by atoms with Crippen molar-refractivity contribution in [3.05, 3.63) is 50.6 Å². The van der Waals surface area contributed by atoms with Gasteiger partial charge < -0.3 is 10.8 Å². The van der Waals surface area contributed by atoms with Gasteiger partial charge in [-0.3, -0.25) is 19.4 Å². The van der Waals surface area contributed by atoms with Crippen LogP contribution in [0.25, 0.3) is 0 Å². The van der Waals surface area contributed by atoms with Crippen molar-refractivity contribution in [3.8, 4) is 11.8 Å². The molecule has 1 fully saturated rings. The highest BCUT2D eigenvalue weighted by Gasteiger charge is 2.57. The number of phenolic OH excluding ortho intramolecular Hbond substituents is 1. The van der Waals surface area contributed by atoms with Gasteiger partial charge in [-0.25, -0.2) is 0 Å². The number of allylic oxidation sites excluding steroid dienone is 2. The number of nitrogens with zero attached hydrogens (tertiary/aromatic N) is 3. The Balaban J connectivity index is 1.75. The lowest BCUT2D eigenvalue weighted by atomic mass is 9.69. The molecule has 0 saturated carbocycles. The van der Waals surface area contributed by atoms with Gasteiger partial charge >= 0.3 is 0 Å². The fourth-order valence-electron chi connectivity index (χ4n) is 6.61. The predicted octanol–water partition coefficient (Wildman–Crippen LogP) is 2.00. The number of ketones is 2. The summed E-state index contributed by atoms with van der Waals surface area (Å²) in [5.41, 5.74) is 12.0. The van der Waals surface area contributed by atoms with Crippen molar-refractivity contribution in [2.24, 2.45) is 5.73 Å². The van der Waals surface area contributed by atoms with Gasteiger partial charge in [0.05, 0.1) is 18.2 Å². The van der Waals surface area contributed by atoms with Crippen LogP contribution in [0.2, 0.25) is 0 Å². The molecule has 2 unspecified atom stereocenters. The van der Waals surface area contributed by atoms with Crippen molar-refractivity contribution >= 4 is 11.6 Å². The maximum Gasteiger partial charge on any atom is 0.187 e. The summed E-state index contributed by atoms with van der Waals surface area (Å²) in [5.74, 6) is 0.0584. The normalized spacial score (nSPS) is 31.8. The number of nitriles is 1. The van der Waals surface area contributed by atoms with E-state index in [0.29, 0.717) is 35.1 Å². The summed E-state index contributed by atoms with van der Waals surface area (Å²) in [5, 5.41) is 21.5. The predicted molar refractivity (Wildman–Crippen MR) is 123 cm³/mol. The average Bonchev–Trinajstić information content (AvgIpc) is 2.79. The zero-order valence-corrected chi connectivity index (χ0v) is 19.8. The van der Waals surface area contributed by atoms with Crippen LogP contribution in [0.4, 0.5) is 0 Å². The Morgan fingerprint density at radius 2 is 1.79 bits per heavy atom. The first-order valence-electron chi connectivity index (χ1n) is 11.5. The summed E-state index contributed by atoms with van der Waals surface area (Å²) in [7, 11) is 2.00. The van der Waals surface area contributed by atoms with Crippen LogP contribution in [-0.2, 0) is 16.0 Å². The second kappa shape index (κ2) is 7.36. The summed E-state index contributed by atoms with van der Waals surface area (Å²) < 4.78 is 0. The second-order valence-corrected chi connectivity index (χ2v) is 9.97. The number of phenols is 1. The molecule has 1 aliphatic carbocycles. The molecule has 0 amide bonds. The summed E-state index contributed by atoms with van der Waals surface area (Å²) in [6, 6.07) is 3.08. The van der Waals surface area contributed by atoms with E-state index >= 15 is 0 Å². The maximum atomic E-state index is 13.3. The fraction of sp³-hybridized carbons (Fsp3) is 0.500. The number of hydrogen-bond donors (Lipinski definition) is 2. The Bertz CT molecular complexity index is 1220. The number of aryl methyl sites for hydroxylation is 1. The number of aromatic hydroxyl groups is 1. The van der Waals surface area contributed by atoms with Crippen molar-refractivity contribution in [1.29, 1.82) is 5.26 Å². The SMILES string of the molecule is CC1=C(C)C(=O)C2=C(CC3[C@H]4c5c(cc(C)c(C)c5O)C[C@@H]([C@H](C#N)N3C2CN)N4C)C1=O. The number of rotatable bonds is 1. The molecular formula is C26H30N4O3. The average molecular weight is 447 g/mol. The third-order valence-corrected chi connectivity index (χ3v) is 8.61. The Morgan fingerprint density at radius 1 is 1.12 bits per heavy atom. The molecular weight excluding hydrogens is 416 g/mol. The third-order valence-electron chi connectivity index (χ3n) is 8.61. The molecule has 4 aliphatic rings. The van der Waals surface area contributed by atoms with Crippen molar-refractivity contribution in [3.63, 3.8) is 0 Å². The van der Waals surface area contributed by atoms with Crippen molar-refractivity contribution in [2.75, 3.05) is 13.6 Å². The van der Waals surface area contributed by atoms with Crippen molar-refractivity contribution < 1.29 is 14.7 Å². The lowest BCUT2D eigenvalue weighted by Gasteiger charge is -2.60. The van der Waals surface area contributed by atoms with Gasteiger partial charge in [0, 0.05) is 46.5 Å². The Kier molecular flexibility index (Phi) is 4.91. The minimum absolute atomic E-state index is 0.0983. The Hall–Kier alpha value is -2.79. The van der Waals surface area contributed by atoms with Gasteiger partial charge in [0.25, 0.3) is 0 Å². The molecule has 5 atom stereocenters. The molecule has 1 aromatic rings. The highest BCUT2D eigenvalue weighted by molar-refractivity contribution is 6.25. The highest BCUT2D eigenvalue weighted by Crippen LogP contribution is 2.52. The number of likely N-dealkylation sites (N-methyl/N-ethyl adjacent to an activating group) is 1. The number of hydrogen-bond acceptors (Lipinski definition) is 7. The number of benzene rings is 1. The van der Waals surface area contributed by atoms with Crippen LogP contribution in [0, 0.1) is 25.2 Å². The molecule has 1 aromatic carbocycles. The van der Waals surface area contributed by atoms with Crippen molar-refractivity contribution in [2.45, 2.75) is 70.7 Å². The standard InChI is InChI=1S/C26H30N4O3/c1-11-6-15-7-17-19(9-27)30-18(23(29(17)5)21(15)25(32)12(11)2)8-16-22(20(30)10-28)26(33)14(4)13(3)24(16)31/h6,17-20,23,32H,7-8,10,28H2,1-5H3/t17-,18?,19-,20?,23-/m0/s1. The molecule has 3 heterocycles. The molecule has 0 spiro atoms. The van der Waals surface area contributed by atoms with Crippen LogP contribution >= 0.6 is 0 Å². The van der Waals surface area contributed by atoms with E-state index in [1.54, 1.807) is 13.8 Å². The minimum atomic E-state index is -0.503. The first kappa shape index (κ1) is 22.0. The van der Waals surface area contributed by atoms with Crippen molar-refractivity contribution in [1.82, 2.24) is 9.80 Å². The number of fused-ring (bicyclic) bond motifs is 6. The minimum Gasteiger partial charge on any atom is -0.507 e. The molecule has 3 aliphatic heterocycles. The van der Waals surface area contributed by atoms with E-state index in [4.69, 9.17) is 5.73 Å². The summed E-state index contributed by atoms with van der Waals surface area (Å²) in [6.07, 6.45) is 0.985. The molecule has 0 aromatic heterocycles. The van der Waals surface area contributed by atoms with Crippen LogP contribution < -0.4 is 5.73 Å². The molecule has 33 heavy (non-hydrogen) atoms. The van der Waals surface area contributed by atoms with Gasteiger partial charge in [-0.15, -0.1) is 0 Å². The lowest BCUT2D eigenvalue weighted by molar-refractivity contribution is -0.120. The number of piperazine rings is 1. The van der Waals surface area contributed by atoms with Gasteiger partial charge in [0.2, 0.25) is 0 Å². The van der Waals surface area contributed by atoms with E-state index in [-0.39, 0.29) is 42.0 Å². The zero-order chi connectivity index (χ0) is 23.9. The number of Topliss-reactive ketones (excluding diaryl/α,β-unsaturated/α-hetero) is 2. The molecule has 7 heteroatoms. The summed E-state index contributed by atoms with van der Waals surface area (Å²) in [6.45, 7) is 7.45. The first-order chi connectivity index (χ1) is 15.6. The molecule has 7 nitrogen and oxygen atoms in total. The molecule has 172 valence electrons. The topological polar surface area (TPSA) is 111 Å². The van der Waals surface area contributed by atoms with E-state index in [0.717, 1.165) is 22.3 Å². The maximum absolute atomic E-state index is 13.3. The number of carbonyl (C=O) groups is 2. The van der Waals surface area contributed by atoms with E-state index in [2.05, 4.69) is 21.9 Å². The van der Waals surface area contributed by atoms with Gasteiger partial charge in [-0.2, -0.15) is 5.26 Å². The van der Waals surface area contributed by atoms with Crippen LogP contribution in [0.5, 0.6) is 5.75 Å². The quantitative estimate of drug-likeness (QED) is 0.635. The van der Waals surface area contributed by atoms with Crippen LogP contribution in [0.1, 0.15) is 48.6 Å². The lowest BCUT2D eigenvalue weighted by Crippen LogP contribution is -2.71. The van der Waals surface area contributed by atoms with E-state index in [9.17, 15) is 20.0 Å². The molecule has 2 bridgehead atoms. The van der Waals surface area contributed by atoms with E-state index in [1.165, 1.54) is 0 Å². The molecule has 0 radical (unpaired) electrons. The van der Waals surface area contributed by atoms with Gasteiger partial charge in [-0.1, -0.05) is 6.07 Å². The third kappa shape index (κ3) is 2.72. The Labute approximate surface area is 194 Å². The molecule has 1 saturated heterocycles. The first-order valence-corrected chi connectivity index (χ1v) is 11.5. The highest BCUT2D eigenvalue weighted by atomic mass is 16.3. The largest absolute Gasteiger partial charge is 0.507 e. The van der Waals surface area contributed by atoms with E-state index < -0.39 is 12.1 Å². The second-order valence-electron chi connectivity index (χ2n) is 9.97. The molecule has 5 rings (SSSR count). The van der Waals surface area contributed by atoms with Gasteiger partial charge in [0.1, 0.15) is 11.8 Å². The van der Waals surface area contributed by atoms with Crippen LogP contribution in [-0.4, -0.2) is 64.2 Å². The summed E-state index contributed by atoms with van der Waals surface area (Å²) in [4.78, 5) is 30.9. The summed E-state index contributed by atoms with van der Waals surface area (Å²) >= 11 is 0. The zero-order valence-electron chi connectivity index (χ0n) is 19.8. The van der Waals surface area contributed by atoms with Crippen LogP contribution in [0.3, 0.4) is 0 Å². The number of nitrogens with two attached hydrogens (primary N) is 1. The van der Waals surface area contributed by atoms with Crippen LogP contribution in [0.15, 0.2) is 28.4 Å². The number of carbonyl (C=O) groups excluding carboxylic acids is 2. The Morgan fingerprint density at radius 3 is 2.42 bits per heavy atom. The van der Waals surface area contributed by atoms with Gasteiger partial charge in [0.15, 0.2) is 11.6 Å². The van der Waals surface area contributed by atoms with E-state index in [1.807, 2.05) is 20.9 Å². The monoisotopic (exact) mass is 446 g/mol.